The molecule has 0 radical (unpaired) electrons. The largest absolute Gasteiger partial charge is 0.380 e. The lowest BCUT2D eigenvalue weighted by molar-refractivity contribution is 0.0425. The molecule has 78 valence electrons. The molecule has 1 aliphatic heterocycles. The molecule has 3 heteroatoms. The van der Waals surface area contributed by atoms with E-state index >= 15 is 0 Å². The Bertz CT molecular complexity index is 150. The van der Waals surface area contributed by atoms with Gasteiger partial charge in [0.05, 0.1) is 18.8 Å². The van der Waals surface area contributed by atoms with Crippen LogP contribution in [0.3, 0.4) is 0 Å². The molecular weight excluding hydrogens is 166 g/mol. The smallest absolute Gasteiger partial charge is 0.0714 e. The highest BCUT2D eigenvalue weighted by Gasteiger charge is 2.29. The average Bonchev–Trinajstić information content (AvgIpc) is 2.43. The predicted molar refractivity (Wildman–Crippen MR) is 52.9 cm³/mol. The second-order valence-corrected chi connectivity index (χ2v) is 4.07. The van der Waals surface area contributed by atoms with Gasteiger partial charge in [-0.25, -0.2) is 0 Å². The van der Waals surface area contributed by atoms with Crippen molar-refractivity contribution in [2.75, 3.05) is 27.3 Å². The fourth-order valence-corrected chi connectivity index (χ4v) is 1.70. The van der Waals surface area contributed by atoms with E-state index in [0.717, 1.165) is 19.6 Å². The van der Waals surface area contributed by atoms with E-state index in [-0.39, 0.29) is 0 Å². The molecule has 0 aromatic heterocycles. The van der Waals surface area contributed by atoms with E-state index in [9.17, 15) is 0 Å². The van der Waals surface area contributed by atoms with Crippen molar-refractivity contribution in [3.05, 3.63) is 0 Å². The van der Waals surface area contributed by atoms with E-state index in [4.69, 9.17) is 9.47 Å². The van der Waals surface area contributed by atoms with Crippen LogP contribution in [0.1, 0.15) is 20.3 Å². The van der Waals surface area contributed by atoms with Gasteiger partial charge in [0.15, 0.2) is 0 Å². The highest BCUT2D eigenvalue weighted by atomic mass is 16.5. The first-order valence-electron chi connectivity index (χ1n) is 4.98. The Balaban J connectivity index is 2.26. The highest BCUT2D eigenvalue weighted by Crippen LogP contribution is 2.18. The van der Waals surface area contributed by atoms with E-state index in [1.807, 2.05) is 0 Å². The Morgan fingerprint density at radius 1 is 1.46 bits per heavy atom. The lowest BCUT2D eigenvalue weighted by atomic mass is 10.2. The number of likely N-dealkylation sites (N-methyl/N-ethyl adjacent to an activating group) is 1. The fraction of sp³-hybridized carbons (Fsp3) is 1.00. The Morgan fingerprint density at radius 2 is 2.15 bits per heavy atom. The van der Waals surface area contributed by atoms with Crippen LogP contribution in [0.25, 0.3) is 0 Å². The maximum absolute atomic E-state index is 5.59. The van der Waals surface area contributed by atoms with Crippen molar-refractivity contribution in [2.24, 2.45) is 0 Å². The molecule has 0 amide bonds. The van der Waals surface area contributed by atoms with E-state index in [1.165, 1.54) is 0 Å². The molecule has 1 rings (SSSR count). The second-order valence-electron chi connectivity index (χ2n) is 4.07. The fourth-order valence-electron chi connectivity index (χ4n) is 1.70. The minimum absolute atomic E-state index is 0.329. The van der Waals surface area contributed by atoms with Crippen LogP contribution in [0.2, 0.25) is 0 Å². The van der Waals surface area contributed by atoms with Gasteiger partial charge in [0.2, 0.25) is 0 Å². The summed E-state index contributed by atoms with van der Waals surface area (Å²) in [5, 5.41) is 0. The molecule has 0 aromatic carbocycles. The highest BCUT2D eigenvalue weighted by molar-refractivity contribution is 4.83. The summed E-state index contributed by atoms with van der Waals surface area (Å²) in [6.45, 7) is 6.00. The van der Waals surface area contributed by atoms with Crippen molar-refractivity contribution < 1.29 is 9.47 Å². The SMILES string of the molecule is COC1C[C@@H](COC(C)C)N(C)C1. The molecule has 0 N–H and O–H groups in total. The lowest BCUT2D eigenvalue weighted by Gasteiger charge is -2.19. The van der Waals surface area contributed by atoms with Crippen LogP contribution in [-0.2, 0) is 9.47 Å². The second kappa shape index (κ2) is 4.94. The van der Waals surface area contributed by atoms with Gasteiger partial charge < -0.3 is 9.47 Å². The van der Waals surface area contributed by atoms with E-state index in [0.29, 0.717) is 18.2 Å². The number of ether oxygens (including phenoxy) is 2. The summed E-state index contributed by atoms with van der Waals surface area (Å²) < 4.78 is 10.9. The van der Waals surface area contributed by atoms with Gasteiger partial charge >= 0.3 is 0 Å². The summed E-state index contributed by atoms with van der Waals surface area (Å²) in [6.07, 6.45) is 1.82. The third kappa shape index (κ3) is 3.25. The van der Waals surface area contributed by atoms with Crippen molar-refractivity contribution in [1.29, 1.82) is 0 Å². The van der Waals surface area contributed by atoms with E-state index < -0.39 is 0 Å². The zero-order chi connectivity index (χ0) is 9.84. The van der Waals surface area contributed by atoms with E-state index in [2.05, 4.69) is 25.8 Å². The van der Waals surface area contributed by atoms with Gasteiger partial charge in [-0.3, -0.25) is 4.90 Å². The molecule has 1 heterocycles. The minimum Gasteiger partial charge on any atom is -0.380 e. The number of methoxy groups -OCH3 is 1. The molecule has 0 bridgehead atoms. The van der Waals surface area contributed by atoms with Crippen molar-refractivity contribution >= 4 is 0 Å². The maximum atomic E-state index is 5.59. The summed E-state index contributed by atoms with van der Waals surface area (Å²) in [5.74, 6) is 0. The standard InChI is InChI=1S/C10H21NO2/c1-8(2)13-7-9-5-10(12-4)6-11(9)3/h8-10H,5-7H2,1-4H3/t9-,10?/m0/s1. The Kier molecular flexibility index (Phi) is 4.16. The normalized spacial score (nSPS) is 30.2. The molecule has 1 fully saturated rings. The van der Waals surface area contributed by atoms with Gasteiger partial charge in [-0.05, 0) is 27.3 Å². The molecular formula is C10H21NO2. The van der Waals surface area contributed by atoms with Crippen LogP contribution in [0, 0.1) is 0 Å². The third-order valence-electron chi connectivity index (χ3n) is 2.61. The number of nitrogens with zero attached hydrogens (tertiary/aromatic N) is 1. The predicted octanol–water partition coefficient (Wildman–Crippen LogP) is 1.13. The van der Waals surface area contributed by atoms with Crippen LogP contribution < -0.4 is 0 Å². The maximum Gasteiger partial charge on any atom is 0.0714 e. The van der Waals surface area contributed by atoms with Gasteiger partial charge in [0.25, 0.3) is 0 Å². The average molecular weight is 187 g/mol. The first kappa shape index (κ1) is 11.0. The Hall–Kier alpha value is -0.120. The summed E-state index contributed by atoms with van der Waals surface area (Å²) in [4.78, 5) is 2.32. The molecule has 13 heavy (non-hydrogen) atoms. The first-order valence-corrected chi connectivity index (χ1v) is 4.98. The van der Waals surface area contributed by atoms with E-state index in [1.54, 1.807) is 7.11 Å². The summed E-state index contributed by atoms with van der Waals surface area (Å²) in [5.41, 5.74) is 0. The molecule has 0 aliphatic carbocycles. The molecule has 2 atom stereocenters. The van der Waals surface area contributed by atoms with Crippen molar-refractivity contribution in [3.63, 3.8) is 0 Å². The first-order chi connectivity index (χ1) is 6.13. The lowest BCUT2D eigenvalue weighted by Crippen LogP contribution is -2.30. The van der Waals surface area contributed by atoms with Crippen LogP contribution in [-0.4, -0.2) is 50.5 Å². The number of hydrogen-bond acceptors (Lipinski definition) is 3. The topological polar surface area (TPSA) is 21.7 Å². The number of likely N-dealkylation sites (tertiary alicyclic amines) is 1. The van der Waals surface area contributed by atoms with Gasteiger partial charge in [-0.1, -0.05) is 0 Å². The van der Waals surface area contributed by atoms with Crippen molar-refractivity contribution in [1.82, 2.24) is 4.90 Å². The minimum atomic E-state index is 0.329. The molecule has 0 aromatic rings. The molecule has 1 aliphatic rings. The van der Waals surface area contributed by atoms with Gasteiger partial charge in [0.1, 0.15) is 0 Å². The summed E-state index contributed by atoms with van der Waals surface area (Å²) in [7, 11) is 3.91. The summed E-state index contributed by atoms with van der Waals surface area (Å²) >= 11 is 0. The molecule has 1 saturated heterocycles. The van der Waals surface area contributed by atoms with Crippen molar-refractivity contribution in [2.45, 2.75) is 38.5 Å². The molecule has 3 nitrogen and oxygen atoms in total. The molecule has 0 spiro atoms. The van der Waals surface area contributed by atoms with Crippen LogP contribution >= 0.6 is 0 Å². The zero-order valence-electron chi connectivity index (χ0n) is 9.12. The van der Waals surface area contributed by atoms with Gasteiger partial charge in [-0.2, -0.15) is 0 Å². The molecule has 1 unspecified atom stereocenters. The van der Waals surface area contributed by atoms with Gasteiger partial charge in [0, 0.05) is 19.7 Å². The number of hydrogen-bond donors (Lipinski definition) is 0. The zero-order valence-corrected chi connectivity index (χ0v) is 9.12. The number of rotatable bonds is 4. The van der Waals surface area contributed by atoms with Crippen LogP contribution in [0.4, 0.5) is 0 Å². The molecule has 0 saturated carbocycles. The Morgan fingerprint density at radius 3 is 2.62 bits per heavy atom. The van der Waals surface area contributed by atoms with Crippen molar-refractivity contribution in [3.8, 4) is 0 Å². The monoisotopic (exact) mass is 187 g/mol. The third-order valence-corrected chi connectivity index (χ3v) is 2.61. The van der Waals surface area contributed by atoms with Gasteiger partial charge in [-0.15, -0.1) is 0 Å². The Labute approximate surface area is 81.0 Å². The summed E-state index contributed by atoms with van der Waals surface area (Å²) in [6, 6.07) is 0.535. The van der Waals surface area contributed by atoms with Crippen LogP contribution in [0.15, 0.2) is 0 Å². The van der Waals surface area contributed by atoms with Crippen LogP contribution in [0.5, 0.6) is 0 Å². The quantitative estimate of drug-likeness (QED) is 0.658.